The molecule has 0 aliphatic carbocycles. The molecule has 4 atom stereocenters. The molecule has 0 saturated carbocycles. The molecule has 0 aromatic rings. The van der Waals surface area contributed by atoms with E-state index in [1.54, 1.807) is 14.0 Å². The van der Waals surface area contributed by atoms with E-state index >= 15 is 0 Å². The molecular formula is C40H71N5O13S. The van der Waals surface area contributed by atoms with Gasteiger partial charge < -0.3 is 51.4 Å². The van der Waals surface area contributed by atoms with Crippen molar-refractivity contribution in [2.24, 2.45) is 0 Å². The number of hydrogen-bond acceptors (Lipinski definition) is 12. The van der Waals surface area contributed by atoms with Gasteiger partial charge in [-0.15, -0.1) is 11.8 Å². The molecule has 4 amide bonds. The molecule has 0 fully saturated rings. The largest absolute Gasteiger partial charge is 0.481 e. The molecule has 340 valence electrons. The Morgan fingerprint density at radius 3 is 1.41 bits per heavy atom. The summed E-state index contributed by atoms with van der Waals surface area (Å²) in [7, 11) is 1.70. The summed E-state index contributed by atoms with van der Waals surface area (Å²) in [6.45, 7) is 4.71. The number of amides is 4. The van der Waals surface area contributed by atoms with E-state index in [0.29, 0.717) is 18.7 Å². The summed E-state index contributed by atoms with van der Waals surface area (Å²) in [6, 6.07) is -2.98. The van der Waals surface area contributed by atoms with Crippen molar-refractivity contribution in [2.45, 2.75) is 153 Å². The number of ketones is 1. The Morgan fingerprint density at radius 2 is 0.966 bits per heavy atom. The lowest BCUT2D eigenvalue weighted by molar-refractivity contribution is -0.143. The van der Waals surface area contributed by atoms with Crippen LogP contribution in [0.1, 0.15) is 129 Å². The van der Waals surface area contributed by atoms with Crippen LogP contribution < -0.4 is 26.6 Å². The van der Waals surface area contributed by atoms with Crippen molar-refractivity contribution in [2.75, 3.05) is 52.3 Å². The highest BCUT2D eigenvalue weighted by molar-refractivity contribution is 8.00. The Hall–Kier alpha value is -3.81. The van der Waals surface area contributed by atoms with Crippen LogP contribution in [0.15, 0.2) is 0 Å². The summed E-state index contributed by atoms with van der Waals surface area (Å²) in [6.07, 6.45) is 11.3. The topological polar surface area (TPSA) is 276 Å². The first-order chi connectivity index (χ1) is 28.2. The van der Waals surface area contributed by atoms with Crippen LogP contribution in [-0.4, -0.2) is 138 Å². The van der Waals surface area contributed by atoms with Crippen molar-refractivity contribution in [1.29, 1.82) is 0 Å². The van der Waals surface area contributed by atoms with Gasteiger partial charge in [0, 0.05) is 44.5 Å². The number of nitrogens with one attached hydrogen (secondary N) is 5. The average molecular weight is 862 g/mol. The van der Waals surface area contributed by atoms with E-state index < -0.39 is 47.7 Å². The number of carboxylic acid groups (broad SMARTS) is 3. The number of aliphatic carboxylic acids is 3. The third-order valence-corrected chi connectivity index (χ3v) is 10.6. The molecule has 0 aromatic heterocycles. The van der Waals surface area contributed by atoms with Crippen LogP contribution in [0.3, 0.4) is 0 Å². The molecule has 0 aliphatic heterocycles. The second-order valence-corrected chi connectivity index (χ2v) is 15.8. The zero-order valence-corrected chi connectivity index (χ0v) is 36.1. The lowest BCUT2D eigenvalue weighted by Crippen LogP contribution is -2.44. The van der Waals surface area contributed by atoms with Crippen molar-refractivity contribution < 1.29 is 63.1 Å². The quantitative estimate of drug-likeness (QED) is 0.0412. The lowest BCUT2D eigenvalue weighted by Gasteiger charge is -2.17. The van der Waals surface area contributed by atoms with E-state index in [9.17, 15) is 48.6 Å². The second kappa shape index (κ2) is 36.1. The number of carbonyl (C=O) groups excluding carboxylic acids is 5. The molecule has 0 bridgehead atoms. The summed E-state index contributed by atoms with van der Waals surface area (Å²) in [5.41, 5.74) is 0. The number of thioether (sulfide) groups is 1. The Morgan fingerprint density at radius 1 is 0.542 bits per heavy atom. The summed E-state index contributed by atoms with van der Waals surface area (Å²) >= 11 is 1.38. The number of ether oxygens (including phenoxy) is 2. The highest BCUT2D eigenvalue weighted by Crippen LogP contribution is 2.14. The monoisotopic (exact) mass is 861 g/mol. The van der Waals surface area contributed by atoms with E-state index in [1.165, 1.54) is 18.7 Å². The van der Waals surface area contributed by atoms with E-state index in [2.05, 4.69) is 26.6 Å². The van der Waals surface area contributed by atoms with Crippen LogP contribution in [0, 0.1) is 0 Å². The van der Waals surface area contributed by atoms with Gasteiger partial charge in [-0.3, -0.25) is 28.8 Å². The zero-order valence-electron chi connectivity index (χ0n) is 35.3. The van der Waals surface area contributed by atoms with Gasteiger partial charge in [-0.2, -0.15) is 0 Å². The Balaban J connectivity index is 4.08. The summed E-state index contributed by atoms with van der Waals surface area (Å²) in [5, 5.41) is 40.5. The molecular weight excluding hydrogens is 791 g/mol. The van der Waals surface area contributed by atoms with Gasteiger partial charge >= 0.3 is 17.9 Å². The molecule has 0 heterocycles. The number of likely N-dealkylation sites (N-methyl/N-ethyl adjacent to an activating group) is 1. The minimum Gasteiger partial charge on any atom is -0.481 e. The summed E-state index contributed by atoms with van der Waals surface area (Å²) in [4.78, 5) is 94.7. The fourth-order valence-corrected chi connectivity index (χ4v) is 6.83. The summed E-state index contributed by atoms with van der Waals surface area (Å²) in [5.74, 6) is -4.64. The first-order valence-corrected chi connectivity index (χ1v) is 22.0. The van der Waals surface area contributed by atoms with Crippen LogP contribution in [-0.2, 0) is 47.8 Å². The first-order valence-electron chi connectivity index (χ1n) is 20.9. The number of Topliss-reactive ketones (excluding diaryl/α,β-unsaturated/α-hetero) is 1. The van der Waals surface area contributed by atoms with Gasteiger partial charge in [0.1, 0.15) is 17.9 Å². The van der Waals surface area contributed by atoms with Gasteiger partial charge in [0.2, 0.25) is 23.6 Å². The predicted molar refractivity (Wildman–Crippen MR) is 223 cm³/mol. The maximum absolute atomic E-state index is 12.5. The molecule has 0 rings (SSSR count). The van der Waals surface area contributed by atoms with Gasteiger partial charge in [0.05, 0.1) is 37.7 Å². The predicted octanol–water partition coefficient (Wildman–Crippen LogP) is 2.80. The van der Waals surface area contributed by atoms with Crippen LogP contribution in [0.5, 0.6) is 0 Å². The highest BCUT2D eigenvalue weighted by Gasteiger charge is 2.24. The standard InChI is InChI=1S/C40H71N5O13S/c1-29(46)33(41-3)28-59-30(2)38(52)43-23-25-58-27-26-57-24-22-42-34(47)20-18-31(39(53)54)45-36(49)21-19-32(40(55)56)44-35(48)16-14-12-10-8-6-4-5-7-9-11-13-15-17-37(50)51/h30-33,41H,4-28H2,1-3H3,(H,42,47)(H,43,52)(H,44,48)(H,45,49)(H,50,51)(H,53,54)(H,55,56). The van der Waals surface area contributed by atoms with E-state index in [4.69, 9.17) is 14.6 Å². The average Bonchev–Trinajstić information content (AvgIpc) is 3.18. The van der Waals surface area contributed by atoms with Gasteiger partial charge in [0.25, 0.3) is 0 Å². The van der Waals surface area contributed by atoms with Crippen molar-refractivity contribution >= 4 is 59.1 Å². The Bertz CT molecular complexity index is 1260. The van der Waals surface area contributed by atoms with Crippen LogP contribution in [0.4, 0.5) is 0 Å². The fraction of sp³-hybridized carbons (Fsp3) is 0.800. The zero-order chi connectivity index (χ0) is 44.3. The minimum absolute atomic E-state index is 0.0126. The Labute approximate surface area is 353 Å². The van der Waals surface area contributed by atoms with Gasteiger partial charge in [-0.1, -0.05) is 64.2 Å². The second-order valence-electron chi connectivity index (χ2n) is 14.4. The number of carbonyl (C=O) groups is 8. The number of hydrogen-bond donors (Lipinski definition) is 8. The van der Waals surface area contributed by atoms with E-state index in [0.717, 1.165) is 70.6 Å². The van der Waals surface area contributed by atoms with Crippen LogP contribution in [0.25, 0.3) is 0 Å². The molecule has 19 heteroatoms. The van der Waals surface area contributed by atoms with Crippen molar-refractivity contribution in [1.82, 2.24) is 26.6 Å². The molecule has 0 spiro atoms. The Kier molecular flexibility index (Phi) is 33.7. The molecule has 8 N–H and O–H groups in total. The number of unbranched alkanes of at least 4 members (excludes halogenated alkanes) is 11. The smallest absolute Gasteiger partial charge is 0.326 e. The molecule has 0 saturated heterocycles. The molecule has 0 aliphatic rings. The van der Waals surface area contributed by atoms with Gasteiger partial charge in [-0.05, 0) is 46.6 Å². The van der Waals surface area contributed by atoms with Crippen molar-refractivity contribution in [3.05, 3.63) is 0 Å². The number of carboxylic acids is 3. The maximum atomic E-state index is 12.5. The van der Waals surface area contributed by atoms with Crippen molar-refractivity contribution in [3.63, 3.8) is 0 Å². The molecule has 4 unspecified atom stereocenters. The minimum atomic E-state index is -1.37. The van der Waals surface area contributed by atoms with E-state index in [1.807, 2.05) is 0 Å². The third-order valence-electron chi connectivity index (χ3n) is 9.34. The maximum Gasteiger partial charge on any atom is 0.326 e. The van der Waals surface area contributed by atoms with Crippen molar-refractivity contribution in [3.8, 4) is 0 Å². The number of rotatable bonds is 40. The van der Waals surface area contributed by atoms with Crippen LogP contribution in [0.2, 0.25) is 0 Å². The van der Waals surface area contributed by atoms with Gasteiger partial charge in [-0.25, -0.2) is 9.59 Å². The molecule has 59 heavy (non-hydrogen) atoms. The highest BCUT2D eigenvalue weighted by atomic mass is 32.2. The normalized spacial score (nSPS) is 13.1. The molecule has 18 nitrogen and oxygen atoms in total. The van der Waals surface area contributed by atoms with E-state index in [-0.39, 0.29) is 94.5 Å². The van der Waals surface area contributed by atoms with Crippen LogP contribution >= 0.6 is 11.8 Å². The molecule has 0 aromatic carbocycles. The lowest BCUT2D eigenvalue weighted by atomic mass is 10.0. The van der Waals surface area contributed by atoms with Gasteiger partial charge in [0.15, 0.2) is 0 Å². The SMILES string of the molecule is CNC(CSC(C)C(=O)NCCOCCOCCNC(=O)CCC(NC(=O)CCC(NC(=O)CCCCCCCCCCCCCCC(=O)O)C(=O)O)C(=O)O)C(C)=O. The summed E-state index contributed by atoms with van der Waals surface area (Å²) < 4.78 is 10.8. The first kappa shape index (κ1) is 55.2. The fourth-order valence-electron chi connectivity index (χ4n) is 5.71. The third kappa shape index (κ3) is 32.7. The molecule has 0 radical (unpaired) electrons.